The van der Waals surface area contributed by atoms with Crippen LogP contribution < -0.4 is 5.32 Å². The third kappa shape index (κ3) is 1.29. The van der Waals surface area contributed by atoms with E-state index >= 15 is 0 Å². The summed E-state index contributed by atoms with van der Waals surface area (Å²) in [6.07, 6.45) is 0. The lowest BCUT2D eigenvalue weighted by Gasteiger charge is -2.06. The lowest BCUT2D eigenvalue weighted by atomic mass is 10.1. The van der Waals surface area contributed by atoms with Crippen molar-refractivity contribution < 1.29 is 0 Å². The molecule has 3 aromatic rings. The second kappa shape index (κ2) is 3.64. The van der Waals surface area contributed by atoms with Crippen LogP contribution in [-0.2, 0) is 6.54 Å². The van der Waals surface area contributed by atoms with Gasteiger partial charge in [0.05, 0.1) is 5.69 Å². The topological polar surface area (TPSA) is 17.0 Å². The first-order valence-electron chi connectivity index (χ1n) is 6.35. The Morgan fingerprint density at radius 1 is 0.944 bits per heavy atom. The molecule has 2 heterocycles. The highest BCUT2D eigenvalue weighted by molar-refractivity contribution is 5.90. The molecular weight excluding hydrogens is 220 g/mol. The van der Waals surface area contributed by atoms with Gasteiger partial charge in [-0.15, -0.1) is 0 Å². The van der Waals surface area contributed by atoms with Crippen molar-refractivity contribution in [2.75, 3.05) is 11.9 Å². The molecule has 0 spiro atoms. The third-order valence-electron chi connectivity index (χ3n) is 3.66. The molecule has 0 saturated carbocycles. The Kier molecular flexibility index (Phi) is 1.97. The number of aromatic nitrogens is 1. The van der Waals surface area contributed by atoms with Crippen LogP contribution in [0, 0.1) is 0 Å². The molecule has 0 radical (unpaired) electrons. The van der Waals surface area contributed by atoms with E-state index in [-0.39, 0.29) is 0 Å². The molecule has 4 rings (SSSR count). The monoisotopic (exact) mass is 234 g/mol. The molecule has 2 nitrogen and oxygen atoms in total. The average molecular weight is 234 g/mol. The van der Waals surface area contributed by atoms with Crippen LogP contribution in [0.1, 0.15) is 0 Å². The van der Waals surface area contributed by atoms with Crippen molar-refractivity contribution in [2.45, 2.75) is 6.54 Å². The number of nitrogens with zero attached hydrogens (tertiary/aromatic N) is 1. The van der Waals surface area contributed by atoms with Gasteiger partial charge >= 0.3 is 0 Å². The zero-order valence-corrected chi connectivity index (χ0v) is 10.1. The van der Waals surface area contributed by atoms with Crippen LogP contribution in [0.2, 0.25) is 0 Å². The number of benzene rings is 2. The highest BCUT2D eigenvalue weighted by atomic mass is 15.0. The molecular formula is C16H14N2. The summed E-state index contributed by atoms with van der Waals surface area (Å²) in [5, 5.41) is 4.83. The predicted molar refractivity (Wildman–Crippen MR) is 75.9 cm³/mol. The Labute approximate surface area is 106 Å². The summed E-state index contributed by atoms with van der Waals surface area (Å²) in [7, 11) is 0. The minimum Gasteiger partial charge on any atom is -0.383 e. The van der Waals surface area contributed by atoms with Gasteiger partial charge in [0.2, 0.25) is 0 Å². The lowest BCUT2D eigenvalue weighted by Crippen LogP contribution is -2.07. The summed E-state index contributed by atoms with van der Waals surface area (Å²) < 4.78 is 2.41. The molecule has 18 heavy (non-hydrogen) atoms. The van der Waals surface area contributed by atoms with Gasteiger partial charge in [0.1, 0.15) is 0 Å². The van der Waals surface area contributed by atoms with Gasteiger partial charge in [-0.3, -0.25) is 0 Å². The molecule has 0 saturated heterocycles. The van der Waals surface area contributed by atoms with E-state index in [2.05, 4.69) is 64.5 Å². The van der Waals surface area contributed by atoms with E-state index in [1.165, 1.54) is 27.8 Å². The number of rotatable bonds is 0. The molecule has 0 amide bonds. The summed E-state index contributed by atoms with van der Waals surface area (Å²) in [5.41, 5.74) is 5.17. The molecule has 0 unspecified atom stereocenters. The number of hydrogen-bond donors (Lipinski definition) is 1. The van der Waals surface area contributed by atoms with Crippen molar-refractivity contribution in [3.05, 3.63) is 54.6 Å². The third-order valence-corrected chi connectivity index (χ3v) is 3.66. The molecule has 0 aliphatic carbocycles. The van der Waals surface area contributed by atoms with Gasteiger partial charge in [0.15, 0.2) is 0 Å². The maximum absolute atomic E-state index is 3.50. The van der Waals surface area contributed by atoms with Crippen LogP contribution in [0.25, 0.3) is 22.2 Å². The Morgan fingerprint density at radius 2 is 1.78 bits per heavy atom. The lowest BCUT2D eigenvalue weighted by molar-refractivity contribution is 0.773. The van der Waals surface area contributed by atoms with E-state index in [0.717, 1.165) is 13.1 Å². The van der Waals surface area contributed by atoms with Crippen LogP contribution in [0.15, 0.2) is 54.6 Å². The van der Waals surface area contributed by atoms with Gasteiger partial charge in [-0.25, -0.2) is 0 Å². The van der Waals surface area contributed by atoms with Crippen molar-refractivity contribution in [1.29, 1.82) is 0 Å². The number of hydrogen-bond acceptors (Lipinski definition) is 1. The summed E-state index contributed by atoms with van der Waals surface area (Å²) in [4.78, 5) is 0. The van der Waals surface area contributed by atoms with E-state index in [1.807, 2.05) is 0 Å². The van der Waals surface area contributed by atoms with Gasteiger partial charge in [0.25, 0.3) is 0 Å². The zero-order chi connectivity index (χ0) is 11.9. The molecule has 0 bridgehead atoms. The number of nitrogens with one attached hydrogen (secondary N) is 1. The standard InChI is InChI=1S/C16H14N2/c1-4-8-15-12(5-1)11-16-13-6-2-3-7-14(13)17-9-10-18(15)16/h1-8,11,17H,9-10H2. The average Bonchev–Trinajstić information content (AvgIpc) is 2.69. The Hall–Kier alpha value is -2.22. The van der Waals surface area contributed by atoms with Crippen molar-refractivity contribution in [3.8, 4) is 11.3 Å². The highest BCUT2D eigenvalue weighted by Gasteiger charge is 2.15. The van der Waals surface area contributed by atoms with E-state index in [4.69, 9.17) is 0 Å². The molecule has 2 aromatic carbocycles. The predicted octanol–water partition coefficient (Wildman–Crippen LogP) is 3.73. The normalized spacial score (nSPS) is 13.6. The zero-order valence-electron chi connectivity index (χ0n) is 10.1. The first-order valence-corrected chi connectivity index (χ1v) is 6.35. The second-order valence-electron chi connectivity index (χ2n) is 4.71. The van der Waals surface area contributed by atoms with Crippen molar-refractivity contribution in [2.24, 2.45) is 0 Å². The number of anilines is 1. The Bertz CT molecular complexity index is 725. The molecule has 1 aliphatic rings. The maximum atomic E-state index is 3.50. The molecule has 1 aliphatic heterocycles. The Balaban J connectivity index is 2.09. The highest BCUT2D eigenvalue weighted by Crippen LogP contribution is 2.34. The van der Waals surface area contributed by atoms with Crippen LogP contribution in [0.5, 0.6) is 0 Å². The fourth-order valence-electron chi connectivity index (χ4n) is 2.84. The van der Waals surface area contributed by atoms with Gasteiger partial charge in [-0.05, 0) is 18.2 Å². The van der Waals surface area contributed by atoms with Crippen molar-refractivity contribution in [3.63, 3.8) is 0 Å². The first-order chi connectivity index (χ1) is 8.93. The maximum Gasteiger partial charge on any atom is 0.0512 e. The summed E-state index contributed by atoms with van der Waals surface area (Å²) in [5.74, 6) is 0. The molecule has 0 fully saturated rings. The molecule has 1 aromatic heterocycles. The van der Waals surface area contributed by atoms with E-state index in [0.29, 0.717) is 0 Å². The second-order valence-corrected chi connectivity index (χ2v) is 4.71. The first kappa shape index (κ1) is 9.77. The molecule has 1 N–H and O–H groups in total. The minimum atomic E-state index is 0.975. The van der Waals surface area contributed by atoms with Crippen LogP contribution in [0.3, 0.4) is 0 Å². The van der Waals surface area contributed by atoms with E-state index < -0.39 is 0 Å². The SMILES string of the molecule is c1ccc2c(c1)NCCn1c-2cc2ccccc21. The van der Waals surface area contributed by atoms with Gasteiger partial charge < -0.3 is 9.88 Å². The van der Waals surface area contributed by atoms with Gasteiger partial charge in [-0.1, -0.05) is 36.4 Å². The van der Waals surface area contributed by atoms with Gasteiger partial charge in [0, 0.05) is 35.2 Å². The summed E-state index contributed by atoms with van der Waals surface area (Å²) >= 11 is 0. The smallest absolute Gasteiger partial charge is 0.0512 e. The quantitative estimate of drug-likeness (QED) is 0.627. The van der Waals surface area contributed by atoms with Gasteiger partial charge in [-0.2, -0.15) is 0 Å². The van der Waals surface area contributed by atoms with E-state index in [1.54, 1.807) is 0 Å². The van der Waals surface area contributed by atoms with Crippen molar-refractivity contribution >= 4 is 16.6 Å². The largest absolute Gasteiger partial charge is 0.383 e. The molecule has 0 atom stereocenters. The minimum absolute atomic E-state index is 0.975. The number of para-hydroxylation sites is 2. The van der Waals surface area contributed by atoms with Crippen LogP contribution >= 0.6 is 0 Å². The van der Waals surface area contributed by atoms with Crippen LogP contribution in [-0.4, -0.2) is 11.1 Å². The molecule has 2 heteroatoms. The number of fused-ring (bicyclic) bond motifs is 5. The van der Waals surface area contributed by atoms with Crippen molar-refractivity contribution in [1.82, 2.24) is 4.57 Å². The summed E-state index contributed by atoms with van der Waals surface area (Å²) in [6.45, 7) is 1.99. The summed E-state index contributed by atoms with van der Waals surface area (Å²) in [6, 6.07) is 19.4. The fraction of sp³-hybridized carbons (Fsp3) is 0.125. The fourth-order valence-corrected chi connectivity index (χ4v) is 2.84. The molecule has 88 valence electrons. The Morgan fingerprint density at radius 3 is 2.78 bits per heavy atom. The van der Waals surface area contributed by atoms with E-state index in [9.17, 15) is 0 Å². The van der Waals surface area contributed by atoms with Crippen LogP contribution in [0.4, 0.5) is 5.69 Å².